The molecule has 0 heterocycles. The number of para-hydroxylation sites is 1. The number of benzene rings is 3. The van der Waals surface area contributed by atoms with Crippen LogP contribution >= 0.6 is 0 Å². The van der Waals surface area contributed by atoms with Gasteiger partial charge in [-0.1, -0.05) is 6.07 Å². The summed E-state index contributed by atoms with van der Waals surface area (Å²) in [5.41, 5.74) is 0.924. The average Bonchev–Trinajstić information content (AvgIpc) is 2.92. The van der Waals surface area contributed by atoms with Crippen molar-refractivity contribution in [2.45, 2.75) is 6.42 Å². The third-order valence-corrected chi connectivity index (χ3v) is 5.02. The fourth-order valence-corrected chi connectivity index (χ4v) is 3.27. The molecule has 10 nitrogen and oxygen atoms in total. The molecule has 0 aliphatic carbocycles. The van der Waals surface area contributed by atoms with E-state index in [2.05, 4.69) is 10.6 Å². The van der Waals surface area contributed by atoms with E-state index in [1.54, 1.807) is 66.7 Å². The molecule has 3 rings (SSSR count). The maximum absolute atomic E-state index is 12.9. The number of amides is 2. The molecule has 0 unspecified atom stereocenters. The lowest BCUT2D eigenvalue weighted by Crippen LogP contribution is -2.26. The number of rotatable bonds is 15. The lowest BCUT2D eigenvalue weighted by atomic mass is 10.0. The number of anilines is 1. The van der Waals surface area contributed by atoms with Crippen molar-refractivity contribution in [2.24, 2.45) is 0 Å². The monoisotopic (exact) mass is 508 g/mol. The summed E-state index contributed by atoms with van der Waals surface area (Å²) in [5.74, 6) is 1.34. The molecule has 0 fully saturated rings. The molecule has 2 N–H and O–H groups in total. The molecule has 2 amide bonds. The van der Waals surface area contributed by atoms with Crippen LogP contribution < -0.4 is 24.8 Å². The van der Waals surface area contributed by atoms with Gasteiger partial charge in [-0.3, -0.25) is 14.4 Å². The maximum Gasteiger partial charge on any atom is 0.251 e. The number of Topliss-reactive ketones (excluding diaryl/α,β-unsaturated/α-hetero) is 1. The van der Waals surface area contributed by atoms with Gasteiger partial charge in [-0.2, -0.15) is 0 Å². The quantitative estimate of drug-likeness (QED) is 0.179. The summed E-state index contributed by atoms with van der Waals surface area (Å²) in [4.78, 5) is 36.6. The van der Waals surface area contributed by atoms with Gasteiger partial charge in [0.25, 0.3) is 5.91 Å². The van der Waals surface area contributed by atoms with E-state index in [-0.39, 0.29) is 49.5 Å². The summed E-state index contributed by atoms with van der Waals surface area (Å²) in [6.45, 7) is 0.333. The predicted molar refractivity (Wildman–Crippen MR) is 135 cm³/mol. The number of methoxy groups -OCH3 is 2. The molecule has 0 radical (unpaired) electrons. The zero-order valence-corrected chi connectivity index (χ0v) is 20.5. The Kier molecular flexibility index (Phi) is 10.4. The Morgan fingerprint density at radius 3 is 2.00 bits per heavy atom. The van der Waals surface area contributed by atoms with Crippen LogP contribution in [0.25, 0.3) is 0 Å². The van der Waals surface area contributed by atoms with Crippen LogP contribution in [0.5, 0.6) is 23.0 Å². The topological polar surface area (TPSA) is 121 Å². The first-order valence-electron chi connectivity index (χ1n) is 11.3. The van der Waals surface area contributed by atoms with Crippen molar-refractivity contribution in [3.8, 4) is 23.0 Å². The van der Waals surface area contributed by atoms with E-state index in [0.717, 1.165) is 0 Å². The number of ether oxygens (including phenoxy) is 5. The minimum absolute atomic E-state index is 0.0172. The smallest absolute Gasteiger partial charge is 0.251 e. The number of carbonyl (C=O) groups excluding carboxylic acids is 3. The zero-order valence-electron chi connectivity index (χ0n) is 20.5. The molecular weight excluding hydrogens is 480 g/mol. The fraction of sp³-hybridized carbons (Fsp3) is 0.222. The number of hydrogen-bond acceptors (Lipinski definition) is 8. The molecule has 0 aromatic heterocycles. The fourth-order valence-electron chi connectivity index (χ4n) is 3.27. The van der Waals surface area contributed by atoms with Crippen LogP contribution in [0, 0.1) is 0 Å². The number of nitrogens with one attached hydrogen (secondary N) is 2. The molecule has 0 saturated heterocycles. The van der Waals surface area contributed by atoms with Crippen LogP contribution in [0.15, 0.2) is 66.7 Å². The highest BCUT2D eigenvalue weighted by atomic mass is 16.7. The van der Waals surface area contributed by atoms with E-state index >= 15 is 0 Å². The average molecular weight is 509 g/mol. The molecule has 10 heteroatoms. The van der Waals surface area contributed by atoms with Gasteiger partial charge in [-0.15, -0.1) is 0 Å². The summed E-state index contributed by atoms with van der Waals surface area (Å²) < 4.78 is 26.3. The molecule has 0 aliphatic rings. The summed E-state index contributed by atoms with van der Waals surface area (Å²) in [5, 5.41) is 5.27. The molecule has 0 saturated carbocycles. The molecule has 3 aromatic carbocycles. The van der Waals surface area contributed by atoms with E-state index in [0.29, 0.717) is 35.0 Å². The van der Waals surface area contributed by atoms with Gasteiger partial charge in [0.05, 0.1) is 5.69 Å². The summed E-state index contributed by atoms with van der Waals surface area (Å²) in [6, 6.07) is 18.2. The molecule has 37 heavy (non-hydrogen) atoms. The van der Waals surface area contributed by atoms with Gasteiger partial charge < -0.3 is 34.3 Å². The third kappa shape index (κ3) is 8.06. The van der Waals surface area contributed by atoms with E-state index in [1.807, 2.05) is 0 Å². The molecular formula is C27H28N2O8. The minimum atomic E-state index is -0.327. The van der Waals surface area contributed by atoms with E-state index in [4.69, 9.17) is 23.7 Å². The Morgan fingerprint density at radius 2 is 1.41 bits per heavy atom. The highest BCUT2D eigenvalue weighted by Gasteiger charge is 2.17. The Labute approximate surface area is 214 Å². The van der Waals surface area contributed by atoms with Gasteiger partial charge in [-0.05, 0) is 60.7 Å². The SMILES string of the molecule is COCOc1ccc(Oc2cccc(C(=O)CCNC(=O)c3ccc(OCOC)cc3)c2NC=O)cc1. The van der Waals surface area contributed by atoms with E-state index < -0.39 is 0 Å². The molecule has 0 spiro atoms. The van der Waals surface area contributed by atoms with Crippen molar-refractivity contribution in [1.29, 1.82) is 0 Å². The number of ketones is 1. The van der Waals surface area contributed by atoms with Crippen LogP contribution in [0.2, 0.25) is 0 Å². The van der Waals surface area contributed by atoms with Crippen LogP contribution in [0.4, 0.5) is 5.69 Å². The number of hydrogen-bond donors (Lipinski definition) is 2. The van der Waals surface area contributed by atoms with Crippen molar-refractivity contribution in [2.75, 3.05) is 39.7 Å². The highest BCUT2D eigenvalue weighted by molar-refractivity contribution is 6.04. The first kappa shape index (κ1) is 27.2. The largest absolute Gasteiger partial charge is 0.468 e. The van der Waals surface area contributed by atoms with Crippen molar-refractivity contribution < 1.29 is 38.1 Å². The van der Waals surface area contributed by atoms with Crippen molar-refractivity contribution in [3.63, 3.8) is 0 Å². The Bertz CT molecular complexity index is 1180. The molecule has 194 valence electrons. The van der Waals surface area contributed by atoms with Gasteiger partial charge in [-0.25, -0.2) is 0 Å². The standard InChI is InChI=1S/C27H28N2O8/c1-33-17-35-20-8-6-19(7-9-20)27(32)28-15-14-24(31)23-4-3-5-25(26(23)29-16-30)37-22-12-10-21(11-13-22)36-18-34-2/h3-13,16H,14-15,17-18H2,1-2H3,(H,28,32)(H,29,30). The lowest BCUT2D eigenvalue weighted by molar-refractivity contribution is -0.105. The molecule has 0 atom stereocenters. The first-order valence-corrected chi connectivity index (χ1v) is 11.3. The molecule has 0 bridgehead atoms. The van der Waals surface area contributed by atoms with Crippen LogP contribution in [0.1, 0.15) is 27.1 Å². The van der Waals surface area contributed by atoms with Gasteiger partial charge in [0.2, 0.25) is 6.41 Å². The Hall–Kier alpha value is -4.41. The van der Waals surface area contributed by atoms with Crippen LogP contribution in [-0.4, -0.2) is 52.5 Å². The van der Waals surface area contributed by atoms with Gasteiger partial charge in [0, 0.05) is 38.3 Å². The van der Waals surface area contributed by atoms with Gasteiger partial charge in [0.1, 0.15) is 17.2 Å². The van der Waals surface area contributed by atoms with Gasteiger partial charge >= 0.3 is 0 Å². The highest BCUT2D eigenvalue weighted by Crippen LogP contribution is 2.33. The van der Waals surface area contributed by atoms with Crippen LogP contribution in [-0.2, 0) is 14.3 Å². The second-order valence-corrected chi connectivity index (χ2v) is 7.57. The third-order valence-electron chi connectivity index (χ3n) is 5.02. The lowest BCUT2D eigenvalue weighted by Gasteiger charge is -2.14. The first-order chi connectivity index (χ1) is 18.0. The molecule has 0 aliphatic heterocycles. The van der Waals surface area contributed by atoms with E-state index in [1.165, 1.54) is 14.2 Å². The zero-order chi connectivity index (χ0) is 26.5. The van der Waals surface area contributed by atoms with Crippen molar-refractivity contribution in [1.82, 2.24) is 5.32 Å². The Balaban J connectivity index is 1.62. The maximum atomic E-state index is 12.9. The summed E-state index contributed by atoms with van der Waals surface area (Å²) in [7, 11) is 3.05. The van der Waals surface area contributed by atoms with Crippen LogP contribution in [0.3, 0.4) is 0 Å². The summed E-state index contributed by atoms with van der Waals surface area (Å²) >= 11 is 0. The summed E-state index contributed by atoms with van der Waals surface area (Å²) in [6.07, 6.45) is 0.492. The molecule has 3 aromatic rings. The second kappa shape index (κ2) is 14.2. The number of carbonyl (C=O) groups is 3. The second-order valence-electron chi connectivity index (χ2n) is 7.57. The van der Waals surface area contributed by atoms with Crippen molar-refractivity contribution in [3.05, 3.63) is 77.9 Å². The minimum Gasteiger partial charge on any atom is -0.468 e. The predicted octanol–water partition coefficient (Wildman–Crippen LogP) is 4.02. The normalized spacial score (nSPS) is 10.3. The Morgan fingerprint density at radius 1 is 0.811 bits per heavy atom. The van der Waals surface area contributed by atoms with Gasteiger partial charge in [0.15, 0.2) is 25.1 Å². The van der Waals surface area contributed by atoms with E-state index in [9.17, 15) is 14.4 Å². The van der Waals surface area contributed by atoms with Crippen molar-refractivity contribution >= 4 is 23.8 Å².